The van der Waals surface area contributed by atoms with Gasteiger partial charge in [-0.1, -0.05) is 55.5 Å². The van der Waals surface area contributed by atoms with Crippen molar-refractivity contribution in [2.45, 2.75) is 37.2 Å². The van der Waals surface area contributed by atoms with Gasteiger partial charge in [0.05, 0.1) is 10.6 Å². The predicted octanol–water partition coefficient (Wildman–Crippen LogP) is 5.10. The third-order valence-electron chi connectivity index (χ3n) is 7.61. The number of amides is 2. The lowest BCUT2D eigenvalue weighted by molar-refractivity contribution is -0.140. The van der Waals surface area contributed by atoms with Crippen LogP contribution in [0.15, 0.2) is 102 Å². The second-order valence-corrected chi connectivity index (χ2v) is 12.8. The molecule has 2 amide bonds. The molecule has 1 unspecified atom stereocenters. The van der Waals surface area contributed by atoms with Gasteiger partial charge in [-0.2, -0.15) is 0 Å². The molecule has 1 atom stereocenters. The summed E-state index contributed by atoms with van der Waals surface area (Å²) in [6, 6.07) is 22.5. The van der Waals surface area contributed by atoms with Crippen LogP contribution in [-0.4, -0.2) is 57.5 Å². The van der Waals surface area contributed by atoms with Gasteiger partial charge in [-0.3, -0.25) is 13.9 Å². The van der Waals surface area contributed by atoms with Crippen LogP contribution in [0.4, 0.5) is 14.5 Å². The highest BCUT2D eigenvalue weighted by molar-refractivity contribution is 7.92. The monoisotopic (exact) mass is 663 g/mol. The van der Waals surface area contributed by atoms with Crippen molar-refractivity contribution < 1.29 is 36.3 Å². The number of rotatable bonds is 13. The maximum atomic E-state index is 15.0. The van der Waals surface area contributed by atoms with Crippen molar-refractivity contribution >= 4 is 27.5 Å². The minimum Gasteiger partial charge on any atom is -0.486 e. The molecule has 12 heteroatoms. The molecule has 0 radical (unpaired) electrons. The van der Waals surface area contributed by atoms with E-state index in [9.17, 15) is 22.4 Å². The second kappa shape index (κ2) is 15.1. The molecule has 0 bridgehead atoms. The smallest absolute Gasteiger partial charge is 0.264 e. The summed E-state index contributed by atoms with van der Waals surface area (Å²) in [6.07, 6.45) is 0.721. The molecule has 0 spiro atoms. The average molecular weight is 664 g/mol. The van der Waals surface area contributed by atoms with Crippen LogP contribution in [0.5, 0.6) is 11.5 Å². The van der Waals surface area contributed by atoms with Crippen LogP contribution in [0, 0.1) is 11.6 Å². The van der Waals surface area contributed by atoms with E-state index in [0.717, 1.165) is 22.0 Å². The number of ether oxygens (including phenoxy) is 2. The molecule has 1 aliphatic heterocycles. The van der Waals surface area contributed by atoms with Gasteiger partial charge < -0.3 is 19.7 Å². The summed E-state index contributed by atoms with van der Waals surface area (Å²) in [7, 11) is -4.48. The first-order valence-corrected chi connectivity index (χ1v) is 16.6. The Kier molecular flexibility index (Phi) is 10.7. The largest absolute Gasteiger partial charge is 0.486 e. The standard InChI is InChI=1S/C35H35F2N3O6S/c1-2-18-38-35(42)31(21-25-8-4-3-5-9-25)39(23-26-10-6-7-11-30(26)37)34(41)24-40(28-14-12-27(36)13-15-28)47(43,44)29-16-17-32-33(22-29)46-20-19-45-32/h3-17,22,31H,2,18-21,23-24H2,1H3,(H,38,42). The lowest BCUT2D eigenvalue weighted by atomic mass is 10.0. The Bertz CT molecular complexity index is 1810. The fourth-order valence-corrected chi connectivity index (χ4v) is 6.61. The van der Waals surface area contributed by atoms with Gasteiger partial charge in [0.15, 0.2) is 11.5 Å². The van der Waals surface area contributed by atoms with E-state index >= 15 is 4.39 Å². The van der Waals surface area contributed by atoms with Gasteiger partial charge in [0.1, 0.15) is 37.4 Å². The summed E-state index contributed by atoms with van der Waals surface area (Å²) < 4.78 is 69.4. The zero-order valence-electron chi connectivity index (χ0n) is 25.8. The third kappa shape index (κ3) is 8.07. The Morgan fingerprint density at radius 1 is 0.872 bits per heavy atom. The van der Waals surface area contributed by atoms with Crippen molar-refractivity contribution in [1.82, 2.24) is 10.2 Å². The van der Waals surface area contributed by atoms with Gasteiger partial charge in [-0.25, -0.2) is 17.2 Å². The Labute approximate surface area is 272 Å². The molecular formula is C35H35F2N3O6S. The van der Waals surface area contributed by atoms with E-state index in [-0.39, 0.29) is 41.5 Å². The van der Waals surface area contributed by atoms with Gasteiger partial charge >= 0.3 is 0 Å². The Morgan fingerprint density at radius 3 is 2.26 bits per heavy atom. The highest BCUT2D eigenvalue weighted by Gasteiger charge is 2.35. The normalized spacial score (nSPS) is 13.0. The van der Waals surface area contributed by atoms with E-state index < -0.39 is 46.1 Å². The molecule has 0 saturated heterocycles. The van der Waals surface area contributed by atoms with Crippen LogP contribution in [-0.2, 0) is 32.6 Å². The summed E-state index contributed by atoms with van der Waals surface area (Å²) >= 11 is 0. The SMILES string of the molecule is CCCNC(=O)C(Cc1ccccc1)N(Cc1ccccc1F)C(=O)CN(c1ccc(F)cc1)S(=O)(=O)c1ccc2c(c1)OCCO2. The molecule has 0 aliphatic carbocycles. The first kappa shape index (κ1) is 33.4. The van der Waals surface area contributed by atoms with Gasteiger partial charge in [-0.05, 0) is 54.4 Å². The highest BCUT2D eigenvalue weighted by Crippen LogP contribution is 2.34. The fraction of sp³-hybridized carbons (Fsp3) is 0.257. The van der Waals surface area contributed by atoms with E-state index in [1.807, 2.05) is 25.1 Å². The summed E-state index contributed by atoms with van der Waals surface area (Å²) in [5.41, 5.74) is 0.899. The van der Waals surface area contributed by atoms with Crippen LogP contribution in [0.3, 0.4) is 0 Å². The molecule has 1 aliphatic rings. The third-order valence-corrected chi connectivity index (χ3v) is 9.38. The van der Waals surface area contributed by atoms with E-state index in [2.05, 4.69) is 5.32 Å². The number of carbonyl (C=O) groups excluding carboxylic acids is 2. The maximum Gasteiger partial charge on any atom is 0.264 e. The first-order chi connectivity index (χ1) is 22.7. The number of carbonyl (C=O) groups is 2. The van der Waals surface area contributed by atoms with Gasteiger partial charge in [0.25, 0.3) is 10.0 Å². The molecule has 246 valence electrons. The second-order valence-electron chi connectivity index (χ2n) is 10.9. The molecule has 1 heterocycles. The zero-order chi connectivity index (χ0) is 33.4. The number of benzene rings is 4. The van der Waals surface area contributed by atoms with Crippen molar-refractivity contribution in [3.05, 3.63) is 120 Å². The van der Waals surface area contributed by atoms with Crippen LogP contribution in [0.2, 0.25) is 0 Å². The lowest BCUT2D eigenvalue weighted by Gasteiger charge is -2.34. The number of nitrogens with one attached hydrogen (secondary N) is 1. The Balaban J connectivity index is 1.57. The summed E-state index contributed by atoms with van der Waals surface area (Å²) in [4.78, 5) is 29.1. The van der Waals surface area contributed by atoms with Crippen molar-refractivity contribution in [2.75, 3.05) is 30.6 Å². The van der Waals surface area contributed by atoms with E-state index in [4.69, 9.17) is 9.47 Å². The molecule has 47 heavy (non-hydrogen) atoms. The number of anilines is 1. The summed E-state index contributed by atoms with van der Waals surface area (Å²) in [5.74, 6) is -1.84. The number of sulfonamides is 1. The lowest BCUT2D eigenvalue weighted by Crippen LogP contribution is -2.53. The summed E-state index contributed by atoms with van der Waals surface area (Å²) in [5, 5.41) is 2.84. The van der Waals surface area contributed by atoms with Crippen LogP contribution >= 0.6 is 0 Å². The number of fused-ring (bicyclic) bond motifs is 1. The van der Waals surface area contributed by atoms with Crippen LogP contribution in [0.25, 0.3) is 0 Å². The quantitative estimate of drug-likeness (QED) is 0.214. The molecule has 0 saturated carbocycles. The van der Waals surface area contributed by atoms with E-state index in [1.54, 1.807) is 18.2 Å². The van der Waals surface area contributed by atoms with Crippen LogP contribution < -0.4 is 19.1 Å². The van der Waals surface area contributed by atoms with Crippen molar-refractivity contribution in [3.8, 4) is 11.5 Å². The van der Waals surface area contributed by atoms with E-state index in [1.165, 1.54) is 53.4 Å². The number of halogens is 2. The Morgan fingerprint density at radius 2 is 1.55 bits per heavy atom. The van der Waals surface area contributed by atoms with Crippen molar-refractivity contribution in [3.63, 3.8) is 0 Å². The van der Waals surface area contributed by atoms with Gasteiger partial charge in [0.2, 0.25) is 11.8 Å². The molecule has 4 aromatic carbocycles. The highest BCUT2D eigenvalue weighted by atomic mass is 32.2. The van der Waals surface area contributed by atoms with E-state index in [0.29, 0.717) is 25.3 Å². The molecule has 1 N–H and O–H groups in total. The van der Waals surface area contributed by atoms with Gasteiger partial charge in [-0.15, -0.1) is 0 Å². The Hall–Kier alpha value is -4.97. The van der Waals surface area contributed by atoms with Gasteiger partial charge in [0, 0.05) is 31.1 Å². The number of hydrogen-bond donors (Lipinski definition) is 1. The zero-order valence-corrected chi connectivity index (χ0v) is 26.6. The molecule has 5 rings (SSSR count). The molecule has 9 nitrogen and oxygen atoms in total. The minimum absolute atomic E-state index is 0.00975. The molecule has 0 fully saturated rings. The fourth-order valence-electron chi connectivity index (χ4n) is 5.18. The number of nitrogens with zero attached hydrogens (tertiary/aromatic N) is 2. The van der Waals surface area contributed by atoms with Crippen LogP contribution in [0.1, 0.15) is 24.5 Å². The minimum atomic E-state index is -4.48. The average Bonchev–Trinajstić information content (AvgIpc) is 3.09. The first-order valence-electron chi connectivity index (χ1n) is 15.2. The van der Waals surface area contributed by atoms with Crippen molar-refractivity contribution in [1.29, 1.82) is 0 Å². The predicted molar refractivity (Wildman–Crippen MR) is 173 cm³/mol. The maximum absolute atomic E-state index is 15.0. The number of hydrogen-bond acceptors (Lipinski definition) is 6. The molecule has 0 aromatic heterocycles. The summed E-state index contributed by atoms with van der Waals surface area (Å²) in [6.45, 7) is 1.67. The molecular weight excluding hydrogens is 628 g/mol. The molecule has 4 aromatic rings. The van der Waals surface area contributed by atoms with Crippen molar-refractivity contribution in [2.24, 2.45) is 0 Å². The topological polar surface area (TPSA) is 105 Å².